The maximum atomic E-state index is 13.1. The summed E-state index contributed by atoms with van der Waals surface area (Å²) in [6.45, 7) is 5.97. The number of fused-ring (bicyclic) bond motifs is 1. The molecular weight excluding hydrogens is 370 g/mol. The number of Topliss-reactive ketones (excluding diaryl/α,β-unsaturated/α-hetero) is 1. The number of amides is 1. The topological polar surface area (TPSA) is 76.1 Å². The molecule has 2 aromatic rings. The molecule has 0 aromatic heterocycles. The van der Waals surface area contributed by atoms with Gasteiger partial charge in [0.2, 0.25) is 0 Å². The molecule has 1 atom stereocenters. The Labute approximate surface area is 171 Å². The molecule has 1 aliphatic rings. The fourth-order valence-corrected chi connectivity index (χ4v) is 3.92. The number of anilines is 1. The summed E-state index contributed by atoms with van der Waals surface area (Å²) in [6, 6.07) is 11.1. The van der Waals surface area contributed by atoms with Gasteiger partial charge in [-0.2, -0.15) is 0 Å². The number of rotatable bonds is 8. The van der Waals surface area contributed by atoms with Crippen LogP contribution in [0.2, 0.25) is 0 Å². The van der Waals surface area contributed by atoms with E-state index in [0.717, 1.165) is 22.6 Å². The van der Waals surface area contributed by atoms with Crippen molar-refractivity contribution >= 4 is 17.4 Å². The molecule has 0 spiro atoms. The van der Waals surface area contributed by atoms with Gasteiger partial charge in [0.1, 0.15) is 17.3 Å². The molecule has 6 nitrogen and oxygen atoms in total. The van der Waals surface area contributed by atoms with E-state index in [2.05, 4.69) is 0 Å². The van der Waals surface area contributed by atoms with Crippen LogP contribution in [0, 0.1) is 13.8 Å². The first-order valence-electron chi connectivity index (χ1n) is 9.69. The highest BCUT2D eigenvalue weighted by Crippen LogP contribution is 2.46. The molecule has 1 aliphatic heterocycles. The van der Waals surface area contributed by atoms with E-state index in [0.29, 0.717) is 30.8 Å². The average molecular weight is 397 g/mol. The molecule has 0 fully saturated rings. The molecule has 0 saturated carbocycles. The van der Waals surface area contributed by atoms with Crippen LogP contribution in [-0.4, -0.2) is 37.1 Å². The van der Waals surface area contributed by atoms with Crippen molar-refractivity contribution in [2.75, 3.05) is 25.2 Å². The van der Waals surface area contributed by atoms with E-state index in [1.807, 2.05) is 50.2 Å². The van der Waals surface area contributed by atoms with Crippen molar-refractivity contribution in [1.29, 1.82) is 0 Å². The summed E-state index contributed by atoms with van der Waals surface area (Å²) in [5, 5.41) is 11.2. The van der Waals surface area contributed by atoms with Crippen LogP contribution in [-0.2, 0) is 15.2 Å². The van der Waals surface area contributed by atoms with Crippen LogP contribution in [0.5, 0.6) is 11.5 Å². The van der Waals surface area contributed by atoms with Crippen molar-refractivity contribution in [2.24, 2.45) is 0 Å². The molecule has 2 aromatic carbocycles. The van der Waals surface area contributed by atoms with Gasteiger partial charge in [-0.15, -0.1) is 0 Å². The number of nitrogens with zero attached hydrogens (tertiary/aromatic N) is 1. The van der Waals surface area contributed by atoms with Crippen molar-refractivity contribution in [2.45, 2.75) is 39.2 Å². The van der Waals surface area contributed by atoms with E-state index in [4.69, 9.17) is 9.47 Å². The number of ketones is 1. The summed E-state index contributed by atoms with van der Waals surface area (Å²) in [5.74, 6) is 0.813. The zero-order valence-corrected chi connectivity index (χ0v) is 17.3. The zero-order valence-electron chi connectivity index (χ0n) is 17.3. The Morgan fingerprint density at radius 1 is 1.07 bits per heavy atom. The Morgan fingerprint density at radius 3 is 2.31 bits per heavy atom. The number of ether oxygens (including phenoxy) is 2. The van der Waals surface area contributed by atoms with Gasteiger partial charge >= 0.3 is 0 Å². The lowest BCUT2D eigenvalue weighted by Crippen LogP contribution is -2.42. The molecule has 0 aliphatic carbocycles. The second-order valence-corrected chi connectivity index (χ2v) is 7.50. The van der Waals surface area contributed by atoms with Gasteiger partial charge in [-0.25, -0.2) is 0 Å². The predicted molar refractivity (Wildman–Crippen MR) is 111 cm³/mol. The molecule has 1 N–H and O–H groups in total. The van der Waals surface area contributed by atoms with E-state index in [-0.39, 0.29) is 12.2 Å². The number of carbonyl (C=O) groups is 2. The molecule has 154 valence electrons. The van der Waals surface area contributed by atoms with Gasteiger partial charge in [0.05, 0.1) is 19.4 Å². The van der Waals surface area contributed by atoms with Crippen molar-refractivity contribution in [3.05, 3.63) is 53.1 Å². The minimum Gasteiger partial charge on any atom is -0.497 e. The highest BCUT2D eigenvalue weighted by molar-refractivity contribution is 6.09. The lowest BCUT2D eigenvalue weighted by atomic mass is 9.86. The third-order valence-corrected chi connectivity index (χ3v) is 5.23. The first-order valence-corrected chi connectivity index (χ1v) is 9.69. The third kappa shape index (κ3) is 3.98. The quantitative estimate of drug-likeness (QED) is 0.692. The van der Waals surface area contributed by atoms with E-state index < -0.39 is 11.5 Å². The minimum atomic E-state index is -1.80. The number of aryl methyl sites for hydroxylation is 2. The highest BCUT2D eigenvalue weighted by Gasteiger charge is 2.51. The standard InChI is InChI=1S/C23H27NO5/c1-15-6-7-16(2)21-20(15)23(27,14-17(3)25)22(26)24(21)12-5-13-29-19-10-8-18(28-4)9-11-19/h6-11,27H,5,12-14H2,1-4H3. The zero-order chi connectivity index (χ0) is 21.2. The van der Waals surface area contributed by atoms with Crippen LogP contribution in [0.15, 0.2) is 36.4 Å². The molecule has 0 saturated heterocycles. The second kappa shape index (κ2) is 8.25. The summed E-state index contributed by atoms with van der Waals surface area (Å²) in [4.78, 5) is 26.5. The molecule has 29 heavy (non-hydrogen) atoms. The fraction of sp³-hybridized carbons (Fsp3) is 0.391. The fourth-order valence-electron chi connectivity index (χ4n) is 3.92. The first kappa shape index (κ1) is 20.9. The van der Waals surface area contributed by atoms with E-state index in [9.17, 15) is 14.7 Å². The van der Waals surface area contributed by atoms with Crippen LogP contribution in [0.3, 0.4) is 0 Å². The number of hydrogen-bond donors (Lipinski definition) is 1. The summed E-state index contributed by atoms with van der Waals surface area (Å²) < 4.78 is 10.9. The largest absolute Gasteiger partial charge is 0.497 e. The third-order valence-electron chi connectivity index (χ3n) is 5.23. The van der Waals surface area contributed by atoms with E-state index in [1.165, 1.54) is 6.92 Å². The van der Waals surface area contributed by atoms with Crippen molar-refractivity contribution in [3.8, 4) is 11.5 Å². The molecular formula is C23H27NO5. The molecule has 1 unspecified atom stereocenters. The van der Waals surface area contributed by atoms with Crippen LogP contribution in [0.1, 0.15) is 36.5 Å². The van der Waals surface area contributed by atoms with Crippen LogP contribution in [0.4, 0.5) is 5.69 Å². The molecule has 3 rings (SSSR count). The van der Waals surface area contributed by atoms with Crippen molar-refractivity contribution < 1.29 is 24.2 Å². The average Bonchev–Trinajstić information content (AvgIpc) is 2.90. The number of benzene rings is 2. The number of hydrogen-bond acceptors (Lipinski definition) is 5. The number of carbonyl (C=O) groups excluding carboxylic acids is 2. The number of aliphatic hydroxyl groups is 1. The minimum absolute atomic E-state index is 0.220. The van der Waals surface area contributed by atoms with Gasteiger partial charge in [0.15, 0.2) is 5.60 Å². The summed E-state index contributed by atoms with van der Waals surface area (Å²) >= 11 is 0. The molecule has 0 bridgehead atoms. The lowest BCUT2D eigenvalue weighted by molar-refractivity contribution is -0.141. The first-order chi connectivity index (χ1) is 13.8. The Hall–Kier alpha value is -2.86. The van der Waals surface area contributed by atoms with Crippen molar-refractivity contribution in [1.82, 2.24) is 0 Å². The summed E-state index contributed by atoms with van der Waals surface area (Å²) in [7, 11) is 1.61. The Balaban J connectivity index is 1.75. The monoisotopic (exact) mass is 397 g/mol. The SMILES string of the molecule is COc1ccc(OCCCN2C(=O)C(O)(CC(C)=O)c3c(C)ccc(C)c32)cc1. The predicted octanol–water partition coefficient (Wildman–Crippen LogP) is 3.29. The van der Waals surface area contributed by atoms with Gasteiger partial charge in [-0.05, 0) is 62.6 Å². The van der Waals surface area contributed by atoms with Gasteiger partial charge < -0.3 is 19.5 Å². The smallest absolute Gasteiger partial charge is 0.264 e. The Morgan fingerprint density at radius 2 is 1.69 bits per heavy atom. The Bertz CT molecular complexity index is 922. The van der Waals surface area contributed by atoms with Gasteiger partial charge in [-0.1, -0.05) is 12.1 Å². The van der Waals surface area contributed by atoms with E-state index in [1.54, 1.807) is 12.0 Å². The summed E-state index contributed by atoms with van der Waals surface area (Å²) in [5.41, 5.74) is 1.17. The van der Waals surface area contributed by atoms with Gasteiger partial charge in [0, 0.05) is 18.5 Å². The molecule has 1 heterocycles. The highest BCUT2D eigenvalue weighted by atomic mass is 16.5. The van der Waals surface area contributed by atoms with Crippen LogP contribution in [0.25, 0.3) is 0 Å². The Kier molecular flexibility index (Phi) is 5.94. The molecule has 6 heteroatoms. The van der Waals surface area contributed by atoms with Gasteiger partial charge in [0.25, 0.3) is 5.91 Å². The van der Waals surface area contributed by atoms with Gasteiger partial charge in [-0.3, -0.25) is 9.59 Å². The lowest BCUT2D eigenvalue weighted by Gasteiger charge is -2.22. The molecule has 1 amide bonds. The maximum absolute atomic E-state index is 13.1. The maximum Gasteiger partial charge on any atom is 0.264 e. The van der Waals surface area contributed by atoms with Crippen molar-refractivity contribution in [3.63, 3.8) is 0 Å². The van der Waals surface area contributed by atoms with Crippen LogP contribution < -0.4 is 14.4 Å². The normalized spacial score (nSPS) is 18.0. The molecule has 0 radical (unpaired) electrons. The number of methoxy groups -OCH3 is 1. The summed E-state index contributed by atoms with van der Waals surface area (Å²) in [6.07, 6.45) is 0.364. The second-order valence-electron chi connectivity index (χ2n) is 7.50. The van der Waals surface area contributed by atoms with E-state index >= 15 is 0 Å². The van der Waals surface area contributed by atoms with Crippen LogP contribution >= 0.6 is 0 Å².